The van der Waals surface area contributed by atoms with Gasteiger partial charge in [-0.2, -0.15) is 0 Å². The van der Waals surface area contributed by atoms with Crippen LogP contribution in [0.1, 0.15) is 59.3 Å². The zero-order valence-electron chi connectivity index (χ0n) is 26.3. The van der Waals surface area contributed by atoms with Gasteiger partial charge in [0.25, 0.3) is 0 Å². The molecule has 46 heavy (non-hydrogen) atoms. The van der Waals surface area contributed by atoms with Gasteiger partial charge in [-0.05, 0) is 67.4 Å². The monoisotopic (exact) mass is 636 g/mol. The lowest BCUT2D eigenvalue weighted by Crippen LogP contribution is -2.48. The predicted molar refractivity (Wildman–Crippen MR) is 174 cm³/mol. The Morgan fingerprint density at radius 3 is 1.85 bits per heavy atom. The Labute approximate surface area is 269 Å². The third-order valence-electron chi connectivity index (χ3n) is 7.06. The molecule has 248 valence electrons. The van der Waals surface area contributed by atoms with Gasteiger partial charge in [-0.1, -0.05) is 49.5 Å². The molecule has 3 aromatic rings. The van der Waals surface area contributed by atoms with Crippen LogP contribution in [0.15, 0.2) is 66.7 Å². The molecule has 0 aromatic heterocycles. The van der Waals surface area contributed by atoms with Crippen LogP contribution in [0.25, 0.3) is 0 Å². The van der Waals surface area contributed by atoms with E-state index in [1.54, 1.807) is 7.05 Å². The first kappa shape index (κ1) is 37.9. The number of rotatable bonds is 13. The number of aromatic carboxylic acids is 1. The average molecular weight is 637 g/mol. The first-order valence-electron chi connectivity index (χ1n) is 14.9. The highest BCUT2D eigenvalue weighted by atomic mass is 16.4. The summed E-state index contributed by atoms with van der Waals surface area (Å²) in [6.07, 6.45) is -2.19. The molecule has 3 rings (SSSR count). The van der Waals surface area contributed by atoms with E-state index in [9.17, 15) is 19.8 Å². The molecule has 0 unspecified atom stereocenters. The smallest absolute Gasteiger partial charge is 0.339 e. The summed E-state index contributed by atoms with van der Waals surface area (Å²) in [5.41, 5.74) is 4.26. The van der Waals surface area contributed by atoms with Crippen molar-refractivity contribution >= 4 is 17.6 Å². The number of hydrogen-bond acceptors (Lipinski definition) is 9. The molecule has 0 radical (unpaired) electrons. The molecule has 0 heterocycles. The average Bonchev–Trinajstić information content (AvgIpc) is 3.05. The molecule has 0 spiro atoms. The number of carboxylic acid groups (broad SMARTS) is 1. The SMILES string of the molecule is CCCCc1ccc(C#Cc2ccc(CN(C(C)=O)c3ccc(C(=O)O)c(O)c3)cc2)cc1.CNC[C@H](O)[C@@H](O)[C@H](O)[C@H](O)CO. The van der Waals surface area contributed by atoms with E-state index in [0.717, 1.165) is 23.1 Å². The number of unbranched alkanes of at least 4 members (excludes halogenated alkanes) is 1. The lowest BCUT2D eigenvalue weighted by Gasteiger charge is -2.25. The van der Waals surface area contributed by atoms with Gasteiger partial charge in [0.2, 0.25) is 5.91 Å². The number of amides is 1. The van der Waals surface area contributed by atoms with Crippen molar-refractivity contribution < 1.29 is 45.3 Å². The number of carbonyl (C=O) groups excluding carboxylic acids is 1. The van der Waals surface area contributed by atoms with E-state index in [-0.39, 0.29) is 30.3 Å². The third kappa shape index (κ3) is 11.9. The standard InChI is InChI=1S/C28H27NO4.C7H17NO5/c1-3-4-5-21-6-8-22(9-7-21)10-11-23-12-14-24(15-13-23)19-29(20(2)30)25-16-17-26(28(32)33)27(31)18-25;1-8-2-4(10)6(12)7(13)5(11)3-9/h6-9,12-18,31H,3-5,19H2,1-2H3,(H,32,33);4-13H,2-3H2,1H3/t;4-,5+,6+,7+/m.0/s1. The molecule has 11 heteroatoms. The first-order valence-corrected chi connectivity index (χ1v) is 14.9. The van der Waals surface area contributed by atoms with Gasteiger partial charge in [-0.15, -0.1) is 0 Å². The van der Waals surface area contributed by atoms with Crippen LogP contribution in [0, 0.1) is 11.8 Å². The predicted octanol–water partition coefficient (Wildman–Crippen LogP) is 2.03. The van der Waals surface area contributed by atoms with Gasteiger partial charge in [-0.3, -0.25) is 4.79 Å². The molecule has 4 atom stereocenters. The Morgan fingerprint density at radius 2 is 1.39 bits per heavy atom. The summed E-state index contributed by atoms with van der Waals surface area (Å²) in [7, 11) is 1.57. The Morgan fingerprint density at radius 1 is 0.848 bits per heavy atom. The summed E-state index contributed by atoms with van der Waals surface area (Å²) >= 11 is 0. The highest BCUT2D eigenvalue weighted by molar-refractivity contribution is 5.95. The van der Waals surface area contributed by atoms with Crippen molar-refractivity contribution in [2.45, 2.75) is 64.1 Å². The highest BCUT2D eigenvalue weighted by Gasteiger charge is 2.29. The second-order valence-electron chi connectivity index (χ2n) is 10.7. The Balaban J connectivity index is 0.000000479. The quantitative estimate of drug-likeness (QED) is 0.129. The topological polar surface area (TPSA) is 191 Å². The minimum Gasteiger partial charge on any atom is -0.507 e. The van der Waals surface area contributed by atoms with Crippen molar-refractivity contribution in [3.05, 3.63) is 94.5 Å². The number of hydrogen-bond donors (Lipinski definition) is 8. The maximum atomic E-state index is 12.2. The zero-order valence-corrected chi connectivity index (χ0v) is 26.3. The summed E-state index contributed by atoms with van der Waals surface area (Å²) in [5.74, 6) is 4.52. The van der Waals surface area contributed by atoms with Gasteiger partial charge >= 0.3 is 5.97 Å². The number of aliphatic hydroxyl groups is 5. The highest BCUT2D eigenvalue weighted by Crippen LogP contribution is 2.26. The molecule has 0 bridgehead atoms. The van der Waals surface area contributed by atoms with Gasteiger partial charge < -0.3 is 46.0 Å². The summed E-state index contributed by atoms with van der Waals surface area (Å²) in [5, 5.41) is 66.5. The summed E-state index contributed by atoms with van der Waals surface area (Å²) < 4.78 is 0. The number of anilines is 1. The molecule has 0 saturated carbocycles. The van der Waals surface area contributed by atoms with Gasteiger partial charge in [0.1, 0.15) is 29.6 Å². The second kappa shape index (κ2) is 19.3. The van der Waals surface area contributed by atoms with Crippen LogP contribution in [0.3, 0.4) is 0 Å². The van der Waals surface area contributed by atoms with E-state index in [1.807, 2.05) is 36.4 Å². The van der Waals surface area contributed by atoms with E-state index in [4.69, 9.17) is 25.5 Å². The molecule has 0 aliphatic heterocycles. The van der Waals surface area contributed by atoms with Crippen molar-refractivity contribution in [2.24, 2.45) is 0 Å². The largest absolute Gasteiger partial charge is 0.507 e. The lowest BCUT2D eigenvalue weighted by molar-refractivity contribution is -0.116. The molecule has 11 nitrogen and oxygen atoms in total. The number of nitrogens with zero attached hydrogens (tertiary/aromatic N) is 1. The molecule has 0 aliphatic carbocycles. The fourth-order valence-corrected chi connectivity index (χ4v) is 4.30. The van der Waals surface area contributed by atoms with Crippen LogP contribution >= 0.6 is 0 Å². The van der Waals surface area contributed by atoms with Gasteiger partial charge in [-0.25, -0.2) is 4.79 Å². The summed E-state index contributed by atoms with van der Waals surface area (Å²) in [6, 6.07) is 20.0. The Bertz CT molecular complexity index is 1450. The number of nitrogens with one attached hydrogen (secondary N) is 1. The number of carboxylic acids is 1. The van der Waals surface area contributed by atoms with Crippen LogP contribution in [-0.4, -0.2) is 92.2 Å². The van der Waals surface area contributed by atoms with E-state index in [1.165, 1.54) is 48.4 Å². The van der Waals surface area contributed by atoms with Gasteiger partial charge in [0.15, 0.2) is 0 Å². The zero-order chi connectivity index (χ0) is 34.2. The molecule has 0 saturated heterocycles. The van der Waals surface area contributed by atoms with Crippen molar-refractivity contribution in [1.82, 2.24) is 5.32 Å². The molecule has 0 fully saturated rings. The Hall–Kier alpha value is -4.28. The number of aromatic hydroxyl groups is 1. The molecule has 8 N–H and O–H groups in total. The maximum Gasteiger partial charge on any atom is 0.339 e. The molecule has 1 amide bonds. The first-order chi connectivity index (χ1) is 21.9. The van der Waals surface area contributed by atoms with Crippen LogP contribution in [0.4, 0.5) is 5.69 Å². The number of benzene rings is 3. The van der Waals surface area contributed by atoms with Crippen molar-refractivity contribution in [1.29, 1.82) is 0 Å². The van der Waals surface area contributed by atoms with Crippen molar-refractivity contribution in [3.63, 3.8) is 0 Å². The van der Waals surface area contributed by atoms with E-state index in [0.29, 0.717) is 5.69 Å². The third-order valence-corrected chi connectivity index (χ3v) is 7.06. The fourth-order valence-electron chi connectivity index (χ4n) is 4.30. The molecular weight excluding hydrogens is 592 g/mol. The molecular formula is C35H44N2O9. The lowest BCUT2D eigenvalue weighted by atomic mass is 10.0. The Kier molecular flexibility index (Phi) is 15.9. The van der Waals surface area contributed by atoms with Gasteiger partial charge in [0.05, 0.1) is 19.3 Å². The second-order valence-corrected chi connectivity index (χ2v) is 10.7. The molecule has 0 aliphatic rings. The fraction of sp³-hybridized carbons (Fsp3) is 0.371. The van der Waals surface area contributed by atoms with Crippen molar-refractivity contribution in [3.8, 4) is 17.6 Å². The number of aliphatic hydroxyl groups excluding tert-OH is 5. The summed E-state index contributed by atoms with van der Waals surface area (Å²) in [6.45, 7) is 3.33. The number of aryl methyl sites for hydroxylation is 1. The van der Waals surface area contributed by atoms with Crippen LogP contribution in [0.5, 0.6) is 5.75 Å². The number of phenols is 1. The molecule has 3 aromatic carbocycles. The number of carbonyl (C=O) groups is 2. The van der Waals surface area contributed by atoms with Gasteiger partial charge in [0, 0.05) is 36.3 Å². The normalized spacial score (nSPS) is 13.2. The van der Waals surface area contributed by atoms with E-state index >= 15 is 0 Å². The number of likely N-dealkylation sites (N-methyl/N-ethyl adjacent to an activating group) is 1. The minimum atomic E-state index is -1.55. The summed E-state index contributed by atoms with van der Waals surface area (Å²) in [4.78, 5) is 24.8. The van der Waals surface area contributed by atoms with Crippen molar-refractivity contribution in [2.75, 3.05) is 25.1 Å². The van der Waals surface area contributed by atoms with E-state index < -0.39 is 37.0 Å². The van der Waals surface area contributed by atoms with Crippen LogP contribution < -0.4 is 10.2 Å². The maximum absolute atomic E-state index is 12.2. The van der Waals surface area contributed by atoms with Crippen LogP contribution in [0.2, 0.25) is 0 Å². The minimum absolute atomic E-state index is 0.0936. The van der Waals surface area contributed by atoms with Crippen LogP contribution in [-0.2, 0) is 17.8 Å². The van der Waals surface area contributed by atoms with E-state index in [2.05, 4.69) is 36.2 Å².